The number of nitrogens with zero attached hydrogens (tertiary/aromatic N) is 2. The minimum Gasteiger partial charge on any atom is -0.338 e. The summed E-state index contributed by atoms with van der Waals surface area (Å²) in [6.07, 6.45) is 1.40. The Labute approximate surface area is 114 Å². The molecule has 0 saturated heterocycles. The lowest BCUT2D eigenvalue weighted by Gasteiger charge is -2.15. The summed E-state index contributed by atoms with van der Waals surface area (Å²) in [5.74, 6) is 0.879. The first-order valence-corrected chi connectivity index (χ1v) is 7.89. The highest BCUT2D eigenvalue weighted by Crippen LogP contribution is 2.42. The first-order chi connectivity index (χ1) is 8.55. The molecule has 1 N–H and O–H groups in total. The van der Waals surface area contributed by atoms with E-state index in [0.717, 1.165) is 0 Å². The van der Waals surface area contributed by atoms with E-state index in [1.165, 1.54) is 0 Å². The third-order valence-electron chi connectivity index (χ3n) is 3.42. The van der Waals surface area contributed by atoms with Crippen LogP contribution in [0.15, 0.2) is 4.52 Å². The number of hydrogen-bond acceptors (Lipinski definition) is 5. The van der Waals surface area contributed by atoms with Gasteiger partial charge in [0.25, 0.3) is 0 Å². The lowest BCUT2D eigenvalue weighted by Crippen LogP contribution is -2.35. The molecule has 19 heavy (non-hydrogen) atoms. The van der Waals surface area contributed by atoms with Crippen LogP contribution in [-0.4, -0.2) is 23.3 Å². The number of sulfonamides is 1. The van der Waals surface area contributed by atoms with Crippen LogP contribution in [0, 0.1) is 0 Å². The lowest BCUT2D eigenvalue weighted by molar-refractivity contribution is 0.342. The molecule has 1 atom stereocenters. The Morgan fingerprint density at radius 3 is 2.37 bits per heavy atom. The fourth-order valence-electron chi connectivity index (χ4n) is 1.59. The van der Waals surface area contributed by atoms with Gasteiger partial charge in [0.15, 0.2) is 5.82 Å². The van der Waals surface area contributed by atoms with Crippen molar-refractivity contribution in [3.63, 3.8) is 0 Å². The number of aromatic nitrogens is 2. The molecule has 1 unspecified atom stereocenters. The molecule has 108 valence electrons. The van der Waals surface area contributed by atoms with Crippen molar-refractivity contribution in [2.75, 3.05) is 0 Å². The minimum atomic E-state index is -3.34. The summed E-state index contributed by atoms with van der Waals surface area (Å²) < 4.78 is 31.3. The van der Waals surface area contributed by atoms with E-state index in [1.54, 1.807) is 13.8 Å². The first-order valence-electron chi connectivity index (χ1n) is 6.41. The Hall–Kier alpha value is -0.950. The topological polar surface area (TPSA) is 85.1 Å². The van der Waals surface area contributed by atoms with Gasteiger partial charge in [-0.1, -0.05) is 25.9 Å². The Morgan fingerprint density at radius 1 is 1.37 bits per heavy atom. The Kier molecular flexibility index (Phi) is 3.25. The standard InChI is InChI=1S/C12H21N3O3S/c1-8(15-19(16,17)12(5)6-7-12)9-13-10(14-18-9)11(2,3)4/h8,15H,6-7H2,1-5H3. The summed E-state index contributed by atoms with van der Waals surface area (Å²) in [5.41, 5.74) is -0.219. The SMILES string of the molecule is CC(NS(=O)(=O)C1(C)CC1)c1nc(C(C)(C)C)no1. The van der Waals surface area contributed by atoms with Crippen LogP contribution in [0.5, 0.6) is 0 Å². The molecule has 0 amide bonds. The van der Waals surface area contributed by atoms with Crippen molar-refractivity contribution in [2.45, 2.75) is 63.7 Å². The van der Waals surface area contributed by atoms with Gasteiger partial charge in [-0.3, -0.25) is 0 Å². The van der Waals surface area contributed by atoms with E-state index in [9.17, 15) is 8.42 Å². The molecule has 7 heteroatoms. The van der Waals surface area contributed by atoms with Crippen molar-refractivity contribution in [3.05, 3.63) is 11.7 Å². The van der Waals surface area contributed by atoms with Crippen LogP contribution in [-0.2, 0) is 15.4 Å². The average molecular weight is 287 g/mol. The highest BCUT2D eigenvalue weighted by Gasteiger charge is 2.50. The molecule has 1 aliphatic rings. The summed E-state index contributed by atoms with van der Waals surface area (Å²) in [4.78, 5) is 4.26. The van der Waals surface area contributed by atoms with Crippen molar-refractivity contribution in [1.82, 2.24) is 14.9 Å². The first kappa shape index (κ1) is 14.5. The fourth-order valence-corrected chi connectivity index (χ4v) is 3.08. The molecular weight excluding hydrogens is 266 g/mol. The molecule has 0 aliphatic heterocycles. The molecule has 0 bridgehead atoms. The second-order valence-corrected chi connectivity index (χ2v) is 8.73. The van der Waals surface area contributed by atoms with E-state index < -0.39 is 20.8 Å². The van der Waals surface area contributed by atoms with E-state index >= 15 is 0 Å². The van der Waals surface area contributed by atoms with Gasteiger partial charge in [0.1, 0.15) is 0 Å². The van der Waals surface area contributed by atoms with Crippen LogP contribution in [0.2, 0.25) is 0 Å². The van der Waals surface area contributed by atoms with Crippen molar-refractivity contribution in [2.24, 2.45) is 0 Å². The summed E-state index contributed by atoms with van der Waals surface area (Å²) in [7, 11) is -3.34. The number of nitrogens with one attached hydrogen (secondary N) is 1. The number of hydrogen-bond donors (Lipinski definition) is 1. The van der Waals surface area contributed by atoms with E-state index in [2.05, 4.69) is 14.9 Å². The van der Waals surface area contributed by atoms with E-state index in [1.807, 2.05) is 20.8 Å². The molecular formula is C12H21N3O3S. The lowest BCUT2D eigenvalue weighted by atomic mass is 9.96. The van der Waals surface area contributed by atoms with Crippen molar-refractivity contribution < 1.29 is 12.9 Å². The molecule has 1 aromatic heterocycles. The van der Waals surface area contributed by atoms with Gasteiger partial charge >= 0.3 is 0 Å². The monoisotopic (exact) mass is 287 g/mol. The van der Waals surface area contributed by atoms with Crippen LogP contribution < -0.4 is 4.72 Å². The van der Waals surface area contributed by atoms with Crippen LogP contribution in [0.4, 0.5) is 0 Å². The zero-order valence-corrected chi connectivity index (χ0v) is 12.8. The average Bonchev–Trinajstić information content (AvgIpc) is 2.82. The predicted molar refractivity (Wildman–Crippen MR) is 71.1 cm³/mol. The van der Waals surface area contributed by atoms with Crippen LogP contribution >= 0.6 is 0 Å². The highest BCUT2D eigenvalue weighted by atomic mass is 32.2. The van der Waals surface area contributed by atoms with Crippen LogP contribution in [0.25, 0.3) is 0 Å². The van der Waals surface area contributed by atoms with Gasteiger partial charge in [-0.15, -0.1) is 0 Å². The predicted octanol–water partition coefficient (Wildman–Crippen LogP) is 1.90. The Bertz CT molecular complexity index is 567. The van der Waals surface area contributed by atoms with Gasteiger partial charge in [0, 0.05) is 5.41 Å². The zero-order chi connectivity index (χ0) is 14.5. The van der Waals surface area contributed by atoms with Gasteiger partial charge in [-0.25, -0.2) is 13.1 Å². The molecule has 0 radical (unpaired) electrons. The van der Waals surface area contributed by atoms with E-state index in [-0.39, 0.29) is 5.41 Å². The summed E-state index contributed by atoms with van der Waals surface area (Å²) in [5, 5.41) is 3.90. The van der Waals surface area contributed by atoms with Gasteiger partial charge in [-0.05, 0) is 26.7 Å². The third kappa shape index (κ3) is 2.81. The van der Waals surface area contributed by atoms with Crippen molar-refractivity contribution in [1.29, 1.82) is 0 Å². The second-order valence-electron chi connectivity index (χ2n) is 6.50. The van der Waals surface area contributed by atoms with Crippen LogP contribution in [0.3, 0.4) is 0 Å². The molecule has 1 heterocycles. The Balaban J connectivity index is 2.13. The normalized spacial score (nSPS) is 20.3. The Morgan fingerprint density at radius 2 is 1.95 bits per heavy atom. The zero-order valence-electron chi connectivity index (χ0n) is 12.0. The summed E-state index contributed by atoms with van der Waals surface area (Å²) >= 11 is 0. The molecule has 1 saturated carbocycles. The molecule has 1 aliphatic carbocycles. The van der Waals surface area contributed by atoms with E-state index in [4.69, 9.17) is 4.52 Å². The molecule has 0 aromatic carbocycles. The van der Waals surface area contributed by atoms with E-state index in [0.29, 0.717) is 24.6 Å². The second kappa shape index (κ2) is 4.28. The minimum absolute atomic E-state index is 0.219. The van der Waals surface area contributed by atoms with Gasteiger partial charge in [0.05, 0.1) is 10.8 Å². The summed E-state index contributed by atoms with van der Waals surface area (Å²) in [6, 6.07) is -0.508. The molecule has 2 rings (SSSR count). The van der Waals surface area contributed by atoms with Gasteiger partial charge in [0.2, 0.25) is 15.9 Å². The van der Waals surface area contributed by atoms with Crippen molar-refractivity contribution >= 4 is 10.0 Å². The highest BCUT2D eigenvalue weighted by molar-refractivity contribution is 7.91. The fraction of sp³-hybridized carbons (Fsp3) is 0.833. The molecule has 1 fully saturated rings. The smallest absolute Gasteiger partial charge is 0.244 e. The molecule has 1 aromatic rings. The third-order valence-corrected chi connectivity index (χ3v) is 5.79. The summed E-state index contributed by atoms with van der Waals surface area (Å²) in [6.45, 7) is 9.38. The maximum atomic E-state index is 12.1. The maximum Gasteiger partial charge on any atom is 0.244 e. The van der Waals surface area contributed by atoms with Gasteiger partial charge < -0.3 is 4.52 Å². The molecule has 6 nitrogen and oxygen atoms in total. The number of rotatable bonds is 4. The maximum absolute atomic E-state index is 12.1. The molecule has 0 spiro atoms. The largest absolute Gasteiger partial charge is 0.338 e. The van der Waals surface area contributed by atoms with Crippen molar-refractivity contribution in [3.8, 4) is 0 Å². The quantitative estimate of drug-likeness (QED) is 0.914. The van der Waals surface area contributed by atoms with Crippen LogP contribution in [0.1, 0.15) is 65.2 Å². The van der Waals surface area contributed by atoms with Gasteiger partial charge in [-0.2, -0.15) is 4.98 Å².